The molecule has 0 saturated carbocycles. The SMILES string of the molecule is C.CNC1CC(c2c[nH]c3ccc(OC)cc23)c2ccc(Cl)cc21. The van der Waals surface area contributed by atoms with Crippen LogP contribution in [0.5, 0.6) is 5.75 Å². The molecule has 0 spiro atoms. The number of rotatable bonds is 3. The van der Waals surface area contributed by atoms with Crippen molar-refractivity contribution in [3.63, 3.8) is 0 Å². The fraction of sp³-hybridized carbons (Fsp3) is 0.300. The quantitative estimate of drug-likeness (QED) is 0.681. The summed E-state index contributed by atoms with van der Waals surface area (Å²) >= 11 is 6.20. The first-order valence-electron chi connectivity index (χ1n) is 7.83. The number of benzene rings is 2. The van der Waals surface area contributed by atoms with Gasteiger partial charge in [-0.05, 0) is 60.5 Å². The number of fused-ring (bicyclic) bond motifs is 2. The highest BCUT2D eigenvalue weighted by Crippen LogP contribution is 2.46. The molecule has 0 saturated heterocycles. The topological polar surface area (TPSA) is 37.0 Å². The van der Waals surface area contributed by atoms with E-state index in [9.17, 15) is 0 Å². The van der Waals surface area contributed by atoms with Crippen LogP contribution in [0.15, 0.2) is 42.6 Å². The van der Waals surface area contributed by atoms with Crippen LogP contribution >= 0.6 is 11.6 Å². The Morgan fingerprint density at radius 1 is 1.12 bits per heavy atom. The van der Waals surface area contributed by atoms with Crippen LogP contribution in [0.1, 0.15) is 42.5 Å². The van der Waals surface area contributed by atoms with E-state index in [0.29, 0.717) is 12.0 Å². The Labute approximate surface area is 148 Å². The van der Waals surface area contributed by atoms with Crippen LogP contribution in [0, 0.1) is 0 Å². The van der Waals surface area contributed by atoms with Crippen LogP contribution in [0.2, 0.25) is 5.02 Å². The minimum absolute atomic E-state index is 0. The molecule has 0 bridgehead atoms. The summed E-state index contributed by atoms with van der Waals surface area (Å²) in [5.74, 6) is 1.25. The second-order valence-electron chi connectivity index (χ2n) is 6.06. The smallest absolute Gasteiger partial charge is 0.119 e. The lowest BCUT2D eigenvalue weighted by Gasteiger charge is -2.12. The molecule has 1 aliphatic carbocycles. The van der Waals surface area contributed by atoms with E-state index in [1.54, 1.807) is 7.11 Å². The molecule has 0 amide bonds. The lowest BCUT2D eigenvalue weighted by Crippen LogP contribution is -2.13. The van der Waals surface area contributed by atoms with Gasteiger partial charge >= 0.3 is 0 Å². The van der Waals surface area contributed by atoms with Gasteiger partial charge in [-0.3, -0.25) is 0 Å². The highest BCUT2D eigenvalue weighted by molar-refractivity contribution is 6.30. The lowest BCUT2D eigenvalue weighted by molar-refractivity contribution is 0.415. The summed E-state index contributed by atoms with van der Waals surface area (Å²) in [5, 5.41) is 5.44. The Morgan fingerprint density at radius 3 is 2.71 bits per heavy atom. The van der Waals surface area contributed by atoms with E-state index in [2.05, 4.69) is 40.8 Å². The Morgan fingerprint density at radius 2 is 1.96 bits per heavy atom. The minimum Gasteiger partial charge on any atom is -0.497 e. The number of methoxy groups -OCH3 is 1. The third kappa shape index (κ3) is 2.58. The number of ether oxygens (including phenoxy) is 1. The van der Waals surface area contributed by atoms with Crippen molar-refractivity contribution < 1.29 is 4.74 Å². The van der Waals surface area contributed by atoms with Crippen molar-refractivity contribution in [2.24, 2.45) is 0 Å². The third-order valence-corrected chi connectivity index (χ3v) is 5.15. The van der Waals surface area contributed by atoms with Gasteiger partial charge in [0.2, 0.25) is 0 Å². The second kappa shape index (κ2) is 6.50. The van der Waals surface area contributed by atoms with Crippen molar-refractivity contribution in [3.8, 4) is 5.75 Å². The molecule has 2 N–H and O–H groups in total. The highest BCUT2D eigenvalue weighted by atomic mass is 35.5. The van der Waals surface area contributed by atoms with Crippen molar-refractivity contribution in [1.29, 1.82) is 0 Å². The maximum Gasteiger partial charge on any atom is 0.119 e. The summed E-state index contributed by atoms with van der Waals surface area (Å²) in [6.07, 6.45) is 3.17. The normalized spacial score (nSPS) is 19.1. The zero-order chi connectivity index (χ0) is 16.0. The van der Waals surface area contributed by atoms with E-state index in [0.717, 1.165) is 22.7 Å². The first-order chi connectivity index (χ1) is 11.2. The summed E-state index contributed by atoms with van der Waals surface area (Å²) in [7, 11) is 3.72. The van der Waals surface area contributed by atoms with Crippen molar-refractivity contribution in [2.75, 3.05) is 14.2 Å². The molecule has 3 nitrogen and oxygen atoms in total. The first kappa shape index (κ1) is 16.9. The average molecular weight is 343 g/mol. The zero-order valence-corrected chi connectivity index (χ0v) is 13.9. The number of aromatic amines is 1. The van der Waals surface area contributed by atoms with E-state index in [4.69, 9.17) is 16.3 Å². The number of H-pyrrole nitrogens is 1. The van der Waals surface area contributed by atoms with Crippen LogP contribution < -0.4 is 10.1 Å². The minimum atomic E-state index is 0. The van der Waals surface area contributed by atoms with Crippen LogP contribution in [0.4, 0.5) is 0 Å². The van der Waals surface area contributed by atoms with Gasteiger partial charge < -0.3 is 15.0 Å². The van der Waals surface area contributed by atoms with Gasteiger partial charge in [0.05, 0.1) is 7.11 Å². The number of nitrogens with one attached hydrogen (secondary N) is 2. The Hall–Kier alpha value is -1.97. The van der Waals surface area contributed by atoms with E-state index in [1.165, 1.54) is 22.1 Å². The fourth-order valence-electron chi connectivity index (χ4n) is 3.76. The molecule has 24 heavy (non-hydrogen) atoms. The highest BCUT2D eigenvalue weighted by Gasteiger charge is 2.32. The van der Waals surface area contributed by atoms with Gasteiger partial charge in [0, 0.05) is 34.1 Å². The standard InChI is InChI=1S/C19H19ClN2O.CH4/c1-21-19-9-14(13-5-3-11(20)7-15(13)19)17-10-22-18-6-4-12(23-2)8-16(17)18;/h3-8,10,14,19,21-22H,9H2,1-2H3;1H4. The van der Waals surface area contributed by atoms with Crippen molar-refractivity contribution in [1.82, 2.24) is 10.3 Å². The largest absolute Gasteiger partial charge is 0.497 e. The molecule has 2 aromatic carbocycles. The molecule has 0 aliphatic heterocycles. The van der Waals surface area contributed by atoms with Gasteiger partial charge in [0.25, 0.3) is 0 Å². The second-order valence-corrected chi connectivity index (χ2v) is 6.49. The predicted octanol–water partition coefficient (Wildman–Crippen LogP) is 5.26. The summed E-state index contributed by atoms with van der Waals surface area (Å²) in [4.78, 5) is 3.39. The number of hydrogen-bond donors (Lipinski definition) is 2. The summed E-state index contributed by atoms with van der Waals surface area (Å²) in [6.45, 7) is 0. The van der Waals surface area contributed by atoms with E-state index in [-0.39, 0.29) is 7.43 Å². The van der Waals surface area contributed by atoms with Crippen LogP contribution in [0.3, 0.4) is 0 Å². The molecule has 4 rings (SSSR count). The number of hydrogen-bond acceptors (Lipinski definition) is 2. The summed E-state index contributed by atoms with van der Waals surface area (Å²) in [5.41, 5.74) is 5.13. The zero-order valence-electron chi connectivity index (χ0n) is 13.2. The molecule has 2 atom stereocenters. The molecule has 1 heterocycles. The van der Waals surface area contributed by atoms with Crippen LogP contribution in [-0.2, 0) is 0 Å². The average Bonchev–Trinajstić information content (AvgIpc) is 3.14. The van der Waals surface area contributed by atoms with Gasteiger partial charge in [0.1, 0.15) is 5.75 Å². The molecule has 126 valence electrons. The van der Waals surface area contributed by atoms with Gasteiger partial charge in [-0.2, -0.15) is 0 Å². The number of aromatic nitrogens is 1. The van der Waals surface area contributed by atoms with Gasteiger partial charge in [0.15, 0.2) is 0 Å². The maximum absolute atomic E-state index is 6.20. The molecule has 0 fully saturated rings. The van der Waals surface area contributed by atoms with E-state index >= 15 is 0 Å². The Kier molecular flexibility index (Phi) is 4.57. The maximum atomic E-state index is 6.20. The van der Waals surface area contributed by atoms with Gasteiger partial charge in [-0.1, -0.05) is 25.1 Å². The summed E-state index contributed by atoms with van der Waals surface area (Å²) < 4.78 is 5.39. The van der Waals surface area contributed by atoms with Crippen molar-refractivity contribution in [2.45, 2.75) is 25.8 Å². The molecule has 2 unspecified atom stereocenters. The molecule has 1 aromatic heterocycles. The Balaban J connectivity index is 0.00000169. The summed E-state index contributed by atoms with van der Waals surface area (Å²) in [6, 6.07) is 12.8. The van der Waals surface area contributed by atoms with Gasteiger partial charge in [-0.15, -0.1) is 0 Å². The predicted molar refractivity (Wildman–Crippen MR) is 101 cm³/mol. The fourth-order valence-corrected chi connectivity index (χ4v) is 3.94. The van der Waals surface area contributed by atoms with Gasteiger partial charge in [-0.25, -0.2) is 0 Å². The molecule has 3 aromatic rings. The van der Waals surface area contributed by atoms with Crippen molar-refractivity contribution in [3.05, 3.63) is 64.3 Å². The Bertz CT molecular complexity index is 871. The van der Waals surface area contributed by atoms with Crippen molar-refractivity contribution >= 4 is 22.5 Å². The third-order valence-electron chi connectivity index (χ3n) is 4.92. The molecular weight excluding hydrogens is 320 g/mol. The molecule has 1 aliphatic rings. The van der Waals surface area contributed by atoms with E-state index in [1.807, 2.05) is 19.2 Å². The van der Waals surface area contributed by atoms with Crippen LogP contribution in [0.25, 0.3) is 10.9 Å². The lowest BCUT2D eigenvalue weighted by atomic mass is 9.92. The number of halogens is 1. The molecule has 0 radical (unpaired) electrons. The molecular formula is C20H23ClN2O. The monoisotopic (exact) mass is 342 g/mol. The molecule has 4 heteroatoms. The van der Waals surface area contributed by atoms with Crippen LogP contribution in [-0.4, -0.2) is 19.1 Å². The van der Waals surface area contributed by atoms with E-state index < -0.39 is 0 Å². The first-order valence-corrected chi connectivity index (χ1v) is 8.20.